The standard InChI is InChI=1S/C30H36F5N5O3/c1-17(2)20-7-5-18(3)13-21(20)25-22(14-28(9-10-28)30(33,34)35)38-24(40(25)27(41)42)15-29(43,26(31)32)23-8-6-19(16-36-23)39-12-4-11-37-39/h4,6,8,11-12,16-18,20-21,26,43H,5,7,9-10,13-15H2,1-3H3,(H,41,42)/p-1/t18-,20+,21-,29?/m0/s1. The Bertz CT molecular complexity index is 1430. The van der Waals surface area contributed by atoms with Gasteiger partial charge in [0.15, 0.2) is 5.60 Å². The maximum absolute atomic E-state index is 14.6. The summed E-state index contributed by atoms with van der Waals surface area (Å²) in [5.41, 5.74) is -5.09. The van der Waals surface area contributed by atoms with Crippen LogP contribution in [0.4, 0.5) is 26.7 Å². The zero-order valence-corrected chi connectivity index (χ0v) is 24.2. The predicted octanol–water partition coefficient (Wildman–Crippen LogP) is 5.41. The summed E-state index contributed by atoms with van der Waals surface area (Å²) < 4.78 is 73.7. The van der Waals surface area contributed by atoms with Gasteiger partial charge in [0.2, 0.25) is 0 Å². The lowest BCUT2D eigenvalue weighted by Crippen LogP contribution is -2.41. The van der Waals surface area contributed by atoms with Gasteiger partial charge in [-0.25, -0.2) is 18.4 Å². The summed E-state index contributed by atoms with van der Waals surface area (Å²) in [6.07, 6.45) is -5.15. The van der Waals surface area contributed by atoms with Crippen molar-refractivity contribution in [3.05, 3.63) is 59.7 Å². The number of pyridine rings is 1. The minimum Gasteiger partial charge on any atom is -0.529 e. The van der Waals surface area contributed by atoms with Crippen molar-refractivity contribution in [2.24, 2.45) is 23.2 Å². The van der Waals surface area contributed by atoms with E-state index in [0.717, 1.165) is 12.8 Å². The largest absolute Gasteiger partial charge is 0.529 e. The third-order valence-electron chi connectivity index (χ3n) is 9.32. The highest BCUT2D eigenvalue weighted by molar-refractivity contribution is 5.68. The molecule has 0 radical (unpaired) electrons. The number of carbonyl (C=O) groups excluding carboxylic acids is 1. The third-order valence-corrected chi connectivity index (χ3v) is 9.32. The number of aromatic nitrogens is 5. The van der Waals surface area contributed by atoms with Gasteiger partial charge >= 0.3 is 6.18 Å². The van der Waals surface area contributed by atoms with Crippen LogP contribution < -0.4 is 5.11 Å². The summed E-state index contributed by atoms with van der Waals surface area (Å²) in [5.74, 6) is -0.803. The van der Waals surface area contributed by atoms with Crippen LogP contribution in [-0.2, 0) is 18.4 Å². The summed E-state index contributed by atoms with van der Waals surface area (Å²) in [6, 6.07) is 4.25. The number of imidazole rings is 1. The second-order valence-electron chi connectivity index (χ2n) is 12.6. The van der Waals surface area contributed by atoms with Gasteiger partial charge in [0, 0.05) is 31.2 Å². The van der Waals surface area contributed by atoms with E-state index < -0.39 is 60.0 Å². The Morgan fingerprint density at radius 2 is 1.93 bits per heavy atom. The number of rotatable bonds is 9. The fraction of sp³-hybridized carbons (Fsp3) is 0.600. The minimum atomic E-state index is -4.54. The van der Waals surface area contributed by atoms with Crippen molar-refractivity contribution in [2.45, 2.75) is 89.8 Å². The van der Waals surface area contributed by atoms with E-state index in [1.54, 1.807) is 12.3 Å². The van der Waals surface area contributed by atoms with E-state index in [9.17, 15) is 37.0 Å². The Balaban J connectivity index is 1.62. The summed E-state index contributed by atoms with van der Waals surface area (Å²) in [6.45, 7) is 5.94. The van der Waals surface area contributed by atoms with Gasteiger partial charge in [-0.1, -0.05) is 27.2 Å². The first-order chi connectivity index (χ1) is 20.2. The van der Waals surface area contributed by atoms with Crippen LogP contribution in [0.2, 0.25) is 0 Å². The minimum absolute atomic E-state index is 0.0642. The van der Waals surface area contributed by atoms with Gasteiger partial charge in [0.1, 0.15) is 11.9 Å². The highest BCUT2D eigenvalue weighted by Crippen LogP contribution is 2.60. The smallest absolute Gasteiger partial charge is 0.394 e. The van der Waals surface area contributed by atoms with Gasteiger partial charge < -0.3 is 15.0 Å². The topological polar surface area (TPSA) is 109 Å². The van der Waals surface area contributed by atoms with Crippen molar-refractivity contribution in [2.75, 3.05) is 0 Å². The average molecular weight is 609 g/mol. The van der Waals surface area contributed by atoms with Gasteiger partial charge in [0.05, 0.1) is 34.4 Å². The normalized spacial score (nSPS) is 23.5. The maximum Gasteiger partial charge on any atom is 0.394 e. The number of aliphatic hydroxyl groups is 1. The molecule has 4 atom stereocenters. The fourth-order valence-electron chi connectivity index (χ4n) is 6.63. The lowest BCUT2D eigenvalue weighted by molar-refractivity contribution is -0.251. The van der Waals surface area contributed by atoms with Crippen LogP contribution in [0.5, 0.6) is 0 Å². The quantitative estimate of drug-likeness (QED) is 0.326. The van der Waals surface area contributed by atoms with Gasteiger partial charge in [-0.3, -0.25) is 9.55 Å². The Morgan fingerprint density at radius 3 is 2.44 bits per heavy atom. The van der Waals surface area contributed by atoms with Gasteiger partial charge in [-0.05, 0) is 61.6 Å². The van der Waals surface area contributed by atoms with Gasteiger partial charge in [-0.2, -0.15) is 18.3 Å². The molecule has 0 saturated heterocycles. The maximum atomic E-state index is 14.6. The molecule has 2 aliphatic rings. The van der Waals surface area contributed by atoms with Crippen molar-refractivity contribution in [3.8, 4) is 5.69 Å². The lowest BCUT2D eigenvalue weighted by Gasteiger charge is -2.38. The second-order valence-corrected chi connectivity index (χ2v) is 12.6. The van der Waals surface area contributed by atoms with E-state index in [1.165, 1.54) is 29.2 Å². The molecule has 1 N–H and O–H groups in total. The van der Waals surface area contributed by atoms with Crippen LogP contribution in [-0.4, -0.2) is 48.1 Å². The van der Waals surface area contributed by atoms with E-state index in [1.807, 2.05) is 20.8 Å². The molecule has 0 spiro atoms. The number of carbonyl (C=O) groups is 1. The van der Waals surface area contributed by atoms with E-state index in [0.29, 0.717) is 16.7 Å². The first kappa shape index (κ1) is 31.1. The van der Waals surface area contributed by atoms with Gasteiger partial charge in [0.25, 0.3) is 6.43 Å². The number of hydrogen-bond acceptors (Lipinski definition) is 6. The highest BCUT2D eigenvalue weighted by Gasteiger charge is 2.63. The molecule has 3 aromatic heterocycles. The van der Waals surface area contributed by atoms with Crippen LogP contribution in [0, 0.1) is 23.2 Å². The van der Waals surface area contributed by atoms with E-state index in [-0.39, 0.29) is 42.0 Å². The predicted molar refractivity (Wildman–Crippen MR) is 143 cm³/mol. The van der Waals surface area contributed by atoms with E-state index in [4.69, 9.17) is 0 Å². The summed E-state index contributed by atoms with van der Waals surface area (Å²) in [4.78, 5) is 21.0. The SMILES string of the molecule is CC(C)[C@H]1CC[C@H](C)C[C@@H]1c1c(CC2(C(F)(F)F)CC2)nc(CC(O)(c2ccc(-n3cccn3)cn2)C(F)F)n1C(=O)[O-]. The van der Waals surface area contributed by atoms with E-state index >= 15 is 0 Å². The lowest BCUT2D eigenvalue weighted by atomic mass is 9.68. The summed E-state index contributed by atoms with van der Waals surface area (Å²) >= 11 is 0. The number of carboxylic acid groups (broad SMARTS) is 1. The monoisotopic (exact) mass is 608 g/mol. The molecular weight excluding hydrogens is 573 g/mol. The molecule has 8 nitrogen and oxygen atoms in total. The molecule has 2 saturated carbocycles. The third kappa shape index (κ3) is 5.80. The van der Waals surface area contributed by atoms with Crippen LogP contribution in [0.25, 0.3) is 5.69 Å². The highest BCUT2D eigenvalue weighted by atomic mass is 19.4. The molecule has 13 heteroatoms. The molecular formula is C30H35F5N5O3-. The molecule has 5 rings (SSSR count). The average Bonchev–Trinajstić information content (AvgIpc) is 3.37. The zero-order chi connectivity index (χ0) is 31.3. The zero-order valence-electron chi connectivity index (χ0n) is 24.2. The Labute approximate surface area is 246 Å². The Kier molecular flexibility index (Phi) is 8.16. The first-order valence-electron chi connectivity index (χ1n) is 14.5. The summed E-state index contributed by atoms with van der Waals surface area (Å²) in [7, 11) is 0. The fourth-order valence-corrected chi connectivity index (χ4v) is 6.63. The van der Waals surface area contributed by atoms with Crippen LogP contribution in [0.1, 0.15) is 81.7 Å². The Morgan fingerprint density at radius 1 is 1.21 bits per heavy atom. The molecule has 3 heterocycles. The molecule has 2 aliphatic carbocycles. The molecule has 3 aromatic rings. The molecule has 2 fully saturated rings. The molecule has 43 heavy (non-hydrogen) atoms. The van der Waals surface area contributed by atoms with Crippen molar-refractivity contribution < 1.29 is 37.0 Å². The number of hydrogen-bond donors (Lipinski definition) is 1. The van der Waals surface area contributed by atoms with Crippen LogP contribution >= 0.6 is 0 Å². The van der Waals surface area contributed by atoms with Crippen LogP contribution in [0.3, 0.4) is 0 Å². The van der Waals surface area contributed by atoms with E-state index in [2.05, 4.69) is 15.1 Å². The molecule has 0 bridgehead atoms. The molecule has 1 unspecified atom stereocenters. The van der Waals surface area contributed by atoms with Crippen molar-refractivity contribution in [1.82, 2.24) is 24.3 Å². The molecule has 0 aliphatic heterocycles. The summed E-state index contributed by atoms with van der Waals surface area (Å²) in [5, 5.41) is 28.1. The van der Waals surface area contributed by atoms with Crippen molar-refractivity contribution in [1.29, 1.82) is 0 Å². The number of alkyl halides is 5. The molecule has 234 valence electrons. The van der Waals surface area contributed by atoms with Crippen LogP contribution in [0.15, 0.2) is 36.8 Å². The van der Waals surface area contributed by atoms with Crippen molar-refractivity contribution in [3.63, 3.8) is 0 Å². The molecule has 0 amide bonds. The molecule has 0 aromatic carbocycles. The number of nitrogens with zero attached hydrogens (tertiary/aromatic N) is 5. The van der Waals surface area contributed by atoms with Crippen molar-refractivity contribution >= 4 is 6.09 Å². The Hall–Kier alpha value is -3.35. The first-order valence-corrected chi connectivity index (χ1v) is 14.5. The number of halogens is 5. The second kappa shape index (κ2) is 11.3. The van der Waals surface area contributed by atoms with Gasteiger partial charge in [-0.15, -0.1) is 0 Å².